The summed E-state index contributed by atoms with van der Waals surface area (Å²) in [5, 5.41) is 0. The molecule has 0 bridgehead atoms. The number of cyclic esters (lactones) is 1. The molecule has 2 aliphatic heterocycles. The summed E-state index contributed by atoms with van der Waals surface area (Å²) >= 11 is 0. The highest BCUT2D eigenvalue weighted by molar-refractivity contribution is 5.99. The Hall–Kier alpha value is -1.36. The molecule has 0 spiro atoms. The molecule has 2 heterocycles. The third-order valence-corrected chi connectivity index (χ3v) is 2.80. The quantitative estimate of drug-likeness (QED) is 0.656. The molecule has 0 aliphatic carbocycles. The van der Waals surface area contributed by atoms with Gasteiger partial charge in [-0.1, -0.05) is 6.08 Å². The number of allylic oxidation sites excluding steroid dienone is 1. The van der Waals surface area contributed by atoms with E-state index in [2.05, 4.69) is 0 Å². The van der Waals surface area contributed by atoms with E-state index in [1.54, 1.807) is 0 Å². The van der Waals surface area contributed by atoms with Crippen LogP contribution in [0.4, 0.5) is 4.79 Å². The molecule has 2 fully saturated rings. The molecule has 2 saturated heterocycles. The maximum atomic E-state index is 11.6. The van der Waals surface area contributed by atoms with Gasteiger partial charge in [0.1, 0.15) is 6.61 Å². The van der Waals surface area contributed by atoms with Gasteiger partial charge in [0, 0.05) is 13.2 Å². The van der Waals surface area contributed by atoms with Crippen LogP contribution in [0.1, 0.15) is 12.8 Å². The normalized spacial score (nSPS) is 22.8. The summed E-state index contributed by atoms with van der Waals surface area (Å²) in [6, 6.07) is 0. The van der Waals surface area contributed by atoms with Crippen molar-refractivity contribution in [3.05, 3.63) is 12.2 Å². The topological polar surface area (TPSA) is 55.8 Å². The minimum absolute atomic E-state index is 0.283. The number of ether oxygens (including phenoxy) is 2. The van der Waals surface area contributed by atoms with Crippen LogP contribution in [0.2, 0.25) is 0 Å². The lowest BCUT2D eigenvalue weighted by molar-refractivity contribution is -0.122. The molecule has 0 N–H and O–H groups in total. The number of amides is 2. The SMILES string of the molecule is O=C(C=CC1CCOCC1)N1CCOC1=O. The minimum Gasteiger partial charge on any atom is -0.447 e. The van der Waals surface area contributed by atoms with Crippen LogP contribution < -0.4 is 0 Å². The smallest absolute Gasteiger partial charge is 0.416 e. The van der Waals surface area contributed by atoms with Crippen LogP contribution in [0.25, 0.3) is 0 Å². The molecule has 0 radical (unpaired) electrons. The largest absolute Gasteiger partial charge is 0.447 e. The average molecular weight is 225 g/mol. The highest BCUT2D eigenvalue weighted by Gasteiger charge is 2.26. The number of imide groups is 1. The zero-order valence-electron chi connectivity index (χ0n) is 9.05. The summed E-state index contributed by atoms with van der Waals surface area (Å²) < 4.78 is 9.91. The molecule has 0 aromatic carbocycles. The fourth-order valence-electron chi connectivity index (χ4n) is 1.81. The summed E-state index contributed by atoms with van der Waals surface area (Å²) in [5.41, 5.74) is 0. The first-order chi connectivity index (χ1) is 7.77. The Morgan fingerprint density at radius 1 is 1.31 bits per heavy atom. The summed E-state index contributed by atoms with van der Waals surface area (Å²) in [4.78, 5) is 23.8. The van der Waals surface area contributed by atoms with E-state index >= 15 is 0 Å². The molecular formula is C11H15NO4. The molecule has 5 nitrogen and oxygen atoms in total. The third kappa shape index (κ3) is 2.61. The average Bonchev–Trinajstić information content (AvgIpc) is 2.74. The summed E-state index contributed by atoms with van der Waals surface area (Å²) in [6.45, 7) is 2.15. The Morgan fingerprint density at radius 3 is 2.69 bits per heavy atom. The van der Waals surface area contributed by atoms with Crippen LogP contribution in [0.15, 0.2) is 12.2 Å². The van der Waals surface area contributed by atoms with Gasteiger partial charge in [0.25, 0.3) is 5.91 Å². The van der Waals surface area contributed by atoms with Gasteiger partial charge in [-0.2, -0.15) is 0 Å². The minimum atomic E-state index is -0.540. The maximum Gasteiger partial charge on any atom is 0.416 e. The van der Waals surface area contributed by atoms with Crippen molar-refractivity contribution in [2.45, 2.75) is 12.8 Å². The second kappa shape index (κ2) is 5.12. The lowest BCUT2D eigenvalue weighted by Crippen LogP contribution is -2.30. The standard InChI is InChI=1S/C11H15NO4/c13-10(12-5-8-16-11(12)14)2-1-9-3-6-15-7-4-9/h1-2,9H,3-8H2. The molecule has 0 unspecified atom stereocenters. The van der Waals surface area contributed by atoms with E-state index < -0.39 is 6.09 Å². The van der Waals surface area contributed by atoms with E-state index in [4.69, 9.17) is 9.47 Å². The van der Waals surface area contributed by atoms with E-state index in [0.717, 1.165) is 31.0 Å². The fraction of sp³-hybridized carbons (Fsp3) is 0.636. The van der Waals surface area contributed by atoms with Crippen molar-refractivity contribution in [3.8, 4) is 0 Å². The second-order valence-electron chi connectivity index (χ2n) is 3.91. The van der Waals surface area contributed by atoms with E-state index in [1.807, 2.05) is 6.08 Å². The number of hydrogen-bond acceptors (Lipinski definition) is 4. The summed E-state index contributed by atoms with van der Waals surface area (Å²) in [5.74, 6) is 0.102. The Morgan fingerprint density at radius 2 is 2.06 bits per heavy atom. The van der Waals surface area contributed by atoms with Gasteiger partial charge in [-0.25, -0.2) is 9.69 Å². The molecule has 2 amide bonds. The monoisotopic (exact) mass is 225 g/mol. The predicted molar refractivity (Wildman–Crippen MR) is 55.7 cm³/mol. The van der Waals surface area contributed by atoms with Crippen LogP contribution >= 0.6 is 0 Å². The van der Waals surface area contributed by atoms with Gasteiger partial charge >= 0.3 is 6.09 Å². The van der Waals surface area contributed by atoms with Crippen molar-refractivity contribution in [3.63, 3.8) is 0 Å². The van der Waals surface area contributed by atoms with Crippen LogP contribution in [0, 0.1) is 5.92 Å². The van der Waals surface area contributed by atoms with Crippen molar-refractivity contribution < 1.29 is 19.1 Å². The molecule has 0 aromatic heterocycles. The Kier molecular flexibility index (Phi) is 3.56. The Labute approximate surface area is 94.0 Å². The molecule has 2 rings (SSSR count). The van der Waals surface area contributed by atoms with Crippen molar-refractivity contribution in [2.75, 3.05) is 26.4 Å². The number of carbonyl (C=O) groups is 2. The number of rotatable bonds is 2. The predicted octanol–water partition coefficient (Wildman–Crippen LogP) is 0.948. The second-order valence-corrected chi connectivity index (χ2v) is 3.91. The van der Waals surface area contributed by atoms with E-state index in [-0.39, 0.29) is 5.91 Å². The molecule has 0 saturated carbocycles. The number of carbonyl (C=O) groups excluding carboxylic acids is 2. The van der Waals surface area contributed by atoms with Gasteiger partial charge in [0.05, 0.1) is 6.54 Å². The molecule has 0 atom stereocenters. The zero-order chi connectivity index (χ0) is 11.4. The van der Waals surface area contributed by atoms with Crippen molar-refractivity contribution >= 4 is 12.0 Å². The van der Waals surface area contributed by atoms with Crippen molar-refractivity contribution in [2.24, 2.45) is 5.92 Å². The summed E-state index contributed by atoms with van der Waals surface area (Å²) in [7, 11) is 0. The van der Waals surface area contributed by atoms with Gasteiger partial charge in [0.2, 0.25) is 0 Å². The molecular weight excluding hydrogens is 210 g/mol. The van der Waals surface area contributed by atoms with Crippen molar-refractivity contribution in [1.29, 1.82) is 0 Å². The molecule has 0 aromatic rings. The van der Waals surface area contributed by atoms with Gasteiger partial charge < -0.3 is 9.47 Å². The fourth-order valence-corrected chi connectivity index (χ4v) is 1.81. The maximum absolute atomic E-state index is 11.6. The molecule has 5 heteroatoms. The van der Waals surface area contributed by atoms with Gasteiger partial charge in [-0.3, -0.25) is 4.79 Å². The van der Waals surface area contributed by atoms with E-state index in [1.165, 1.54) is 6.08 Å². The first kappa shape index (κ1) is 11.1. The first-order valence-corrected chi connectivity index (χ1v) is 5.51. The molecule has 16 heavy (non-hydrogen) atoms. The van der Waals surface area contributed by atoms with E-state index in [9.17, 15) is 9.59 Å². The third-order valence-electron chi connectivity index (χ3n) is 2.80. The molecule has 88 valence electrons. The number of nitrogens with zero attached hydrogens (tertiary/aromatic N) is 1. The Balaban J connectivity index is 1.85. The number of hydrogen-bond donors (Lipinski definition) is 0. The van der Waals surface area contributed by atoms with Gasteiger partial charge in [-0.15, -0.1) is 0 Å². The highest BCUT2D eigenvalue weighted by Crippen LogP contribution is 2.16. The lowest BCUT2D eigenvalue weighted by atomic mass is 10.00. The van der Waals surface area contributed by atoms with Gasteiger partial charge in [-0.05, 0) is 24.8 Å². The highest BCUT2D eigenvalue weighted by atomic mass is 16.6. The summed E-state index contributed by atoms with van der Waals surface area (Å²) in [6.07, 6.45) is 4.68. The Bertz CT molecular complexity index is 307. The van der Waals surface area contributed by atoms with Crippen LogP contribution in [-0.4, -0.2) is 43.3 Å². The first-order valence-electron chi connectivity index (χ1n) is 5.51. The van der Waals surface area contributed by atoms with E-state index in [0.29, 0.717) is 19.1 Å². The lowest BCUT2D eigenvalue weighted by Gasteiger charge is -2.18. The van der Waals surface area contributed by atoms with Crippen LogP contribution in [0.5, 0.6) is 0 Å². The van der Waals surface area contributed by atoms with Crippen LogP contribution in [0.3, 0.4) is 0 Å². The van der Waals surface area contributed by atoms with Gasteiger partial charge in [0.15, 0.2) is 0 Å². The molecule has 2 aliphatic rings. The van der Waals surface area contributed by atoms with Crippen molar-refractivity contribution in [1.82, 2.24) is 4.90 Å². The van der Waals surface area contributed by atoms with Crippen LogP contribution in [-0.2, 0) is 14.3 Å². The zero-order valence-corrected chi connectivity index (χ0v) is 9.05.